The fourth-order valence-corrected chi connectivity index (χ4v) is 2.48. The summed E-state index contributed by atoms with van der Waals surface area (Å²) in [6, 6.07) is 14.3. The molecule has 0 bridgehead atoms. The summed E-state index contributed by atoms with van der Waals surface area (Å²) in [5, 5.41) is 5.00. The lowest BCUT2D eigenvalue weighted by Gasteiger charge is -2.04. The maximum absolute atomic E-state index is 11.6. The van der Waals surface area contributed by atoms with E-state index < -0.39 is 0 Å². The number of hydrogen-bond donors (Lipinski definition) is 1. The monoisotopic (exact) mass is 259 g/mol. The molecule has 1 heterocycles. The molecule has 0 radical (unpaired) electrons. The van der Waals surface area contributed by atoms with Gasteiger partial charge >= 0.3 is 0 Å². The molecular formula is C15H17NOS. The number of carbonyl (C=O) groups is 1. The first kappa shape index (κ1) is 12.8. The molecule has 2 nitrogen and oxygen atoms in total. The second kappa shape index (κ2) is 6.97. The summed E-state index contributed by atoms with van der Waals surface area (Å²) in [5.41, 5.74) is 1.26. The van der Waals surface area contributed by atoms with Gasteiger partial charge in [-0.15, -0.1) is 11.3 Å². The van der Waals surface area contributed by atoms with Gasteiger partial charge in [-0.3, -0.25) is 4.79 Å². The third kappa shape index (κ3) is 4.34. The van der Waals surface area contributed by atoms with Crippen molar-refractivity contribution in [2.45, 2.75) is 19.3 Å². The highest BCUT2D eigenvalue weighted by atomic mass is 32.1. The van der Waals surface area contributed by atoms with Gasteiger partial charge in [-0.05, 0) is 29.9 Å². The van der Waals surface area contributed by atoms with Crippen LogP contribution >= 0.6 is 11.3 Å². The molecule has 0 fully saturated rings. The van der Waals surface area contributed by atoms with E-state index in [1.807, 2.05) is 29.6 Å². The third-order valence-electron chi connectivity index (χ3n) is 2.76. The number of hydrogen-bond acceptors (Lipinski definition) is 2. The smallest absolute Gasteiger partial charge is 0.220 e. The first-order valence-electron chi connectivity index (χ1n) is 6.17. The summed E-state index contributed by atoms with van der Waals surface area (Å²) in [6.45, 7) is 0.716. The number of nitrogens with one attached hydrogen (secondary N) is 1. The van der Waals surface area contributed by atoms with E-state index in [-0.39, 0.29) is 5.91 Å². The van der Waals surface area contributed by atoms with Gasteiger partial charge in [0, 0.05) is 17.8 Å². The van der Waals surface area contributed by atoms with Crippen LogP contribution in [-0.4, -0.2) is 12.5 Å². The fraction of sp³-hybridized carbons (Fsp3) is 0.267. The summed E-state index contributed by atoms with van der Waals surface area (Å²) in [6.07, 6.45) is 2.32. The van der Waals surface area contributed by atoms with Crippen LogP contribution in [0.1, 0.15) is 16.9 Å². The molecule has 1 aromatic heterocycles. The SMILES string of the molecule is O=C(CCc1cccs1)NCCc1ccccc1. The predicted molar refractivity (Wildman–Crippen MR) is 75.8 cm³/mol. The van der Waals surface area contributed by atoms with Crippen molar-refractivity contribution in [3.63, 3.8) is 0 Å². The molecule has 1 N–H and O–H groups in total. The molecule has 0 aliphatic heterocycles. The molecule has 1 aromatic carbocycles. The Morgan fingerprint density at radius 2 is 1.89 bits per heavy atom. The largest absolute Gasteiger partial charge is 0.356 e. The van der Waals surface area contributed by atoms with Gasteiger partial charge in [0.15, 0.2) is 0 Å². The molecule has 0 spiro atoms. The van der Waals surface area contributed by atoms with Crippen molar-refractivity contribution in [2.75, 3.05) is 6.54 Å². The first-order valence-corrected chi connectivity index (χ1v) is 7.05. The van der Waals surface area contributed by atoms with Crippen molar-refractivity contribution >= 4 is 17.2 Å². The van der Waals surface area contributed by atoms with Crippen molar-refractivity contribution in [2.24, 2.45) is 0 Å². The van der Waals surface area contributed by atoms with E-state index in [0.29, 0.717) is 13.0 Å². The Balaban J connectivity index is 1.63. The van der Waals surface area contributed by atoms with Gasteiger partial charge in [0.25, 0.3) is 0 Å². The zero-order chi connectivity index (χ0) is 12.6. The van der Waals surface area contributed by atoms with Crippen molar-refractivity contribution in [1.82, 2.24) is 5.32 Å². The zero-order valence-electron chi connectivity index (χ0n) is 10.3. The molecule has 0 saturated carbocycles. The van der Waals surface area contributed by atoms with E-state index in [1.54, 1.807) is 11.3 Å². The number of amides is 1. The average Bonchev–Trinajstić information content (AvgIpc) is 2.91. The van der Waals surface area contributed by atoms with Gasteiger partial charge in [0.2, 0.25) is 5.91 Å². The highest BCUT2D eigenvalue weighted by Crippen LogP contribution is 2.10. The van der Waals surface area contributed by atoms with E-state index in [4.69, 9.17) is 0 Å². The molecule has 94 valence electrons. The topological polar surface area (TPSA) is 29.1 Å². The zero-order valence-corrected chi connectivity index (χ0v) is 11.1. The lowest BCUT2D eigenvalue weighted by Crippen LogP contribution is -2.25. The number of benzene rings is 1. The second-order valence-corrected chi connectivity index (χ2v) is 5.20. The molecule has 0 atom stereocenters. The minimum absolute atomic E-state index is 0.138. The Kier molecular flexibility index (Phi) is 4.97. The predicted octanol–water partition coefficient (Wildman–Crippen LogP) is 3.04. The van der Waals surface area contributed by atoms with E-state index in [9.17, 15) is 4.79 Å². The molecule has 2 aromatic rings. The molecule has 0 aliphatic carbocycles. The molecule has 0 saturated heterocycles. The average molecular weight is 259 g/mol. The first-order chi connectivity index (χ1) is 8.84. The van der Waals surface area contributed by atoms with Gasteiger partial charge in [0.05, 0.1) is 0 Å². The number of rotatable bonds is 6. The summed E-state index contributed by atoms with van der Waals surface area (Å²) in [7, 11) is 0. The number of aryl methyl sites for hydroxylation is 1. The van der Waals surface area contributed by atoms with Crippen molar-refractivity contribution in [3.8, 4) is 0 Å². The van der Waals surface area contributed by atoms with Crippen LogP contribution < -0.4 is 5.32 Å². The Morgan fingerprint density at radius 3 is 2.61 bits per heavy atom. The molecule has 3 heteroatoms. The van der Waals surface area contributed by atoms with E-state index in [0.717, 1.165) is 12.8 Å². The molecule has 0 unspecified atom stereocenters. The number of carbonyl (C=O) groups excluding carboxylic acids is 1. The van der Waals surface area contributed by atoms with Crippen LogP contribution in [0.4, 0.5) is 0 Å². The van der Waals surface area contributed by atoms with Crippen LogP contribution in [0.3, 0.4) is 0 Å². The van der Waals surface area contributed by atoms with Crippen molar-refractivity contribution in [3.05, 3.63) is 58.3 Å². The van der Waals surface area contributed by atoms with Crippen molar-refractivity contribution in [1.29, 1.82) is 0 Å². The Bertz CT molecular complexity index is 465. The molecular weight excluding hydrogens is 242 g/mol. The van der Waals surface area contributed by atoms with Crippen LogP contribution in [0.2, 0.25) is 0 Å². The third-order valence-corrected chi connectivity index (χ3v) is 3.69. The Morgan fingerprint density at radius 1 is 1.06 bits per heavy atom. The van der Waals surface area contributed by atoms with E-state index >= 15 is 0 Å². The van der Waals surface area contributed by atoms with Gasteiger partial charge in [-0.1, -0.05) is 36.4 Å². The highest BCUT2D eigenvalue weighted by molar-refractivity contribution is 7.09. The fourth-order valence-electron chi connectivity index (χ4n) is 1.77. The van der Waals surface area contributed by atoms with E-state index in [2.05, 4.69) is 23.5 Å². The van der Waals surface area contributed by atoms with Crippen LogP contribution in [0.5, 0.6) is 0 Å². The quantitative estimate of drug-likeness (QED) is 0.849. The van der Waals surface area contributed by atoms with Crippen molar-refractivity contribution < 1.29 is 4.79 Å². The summed E-state index contributed by atoms with van der Waals surface area (Å²) in [5.74, 6) is 0.138. The Hall–Kier alpha value is -1.61. The van der Waals surface area contributed by atoms with Crippen LogP contribution in [0.25, 0.3) is 0 Å². The minimum atomic E-state index is 0.138. The van der Waals surface area contributed by atoms with Crippen LogP contribution in [0.15, 0.2) is 47.8 Å². The summed E-state index contributed by atoms with van der Waals surface area (Å²) in [4.78, 5) is 12.9. The molecule has 0 aliphatic rings. The lowest BCUT2D eigenvalue weighted by molar-refractivity contribution is -0.121. The van der Waals surface area contributed by atoms with Gasteiger partial charge in [-0.25, -0.2) is 0 Å². The second-order valence-electron chi connectivity index (χ2n) is 4.16. The van der Waals surface area contributed by atoms with E-state index in [1.165, 1.54) is 10.4 Å². The maximum atomic E-state index is 11.6. The molecule has 18 heavy (non-hydrogen) atoms. The van der Waals surface area contributed by atoms with Crippen LogP contribution in [0, 0.1) is 0 Å². The van der Waals surface area contributed by atoms with Crippen LogP contribution in [-0.2, 0) is 17.6 Å². The molecule has 2 rings (SSSR count). The van der Waals surface area contributed by atoms with Gasteiger partial charge in [-0.2, -0.15) is 0 Å². The Labute approximate surface area is 112 Å². The molecule has 1 amide bonds. The lowest BCUT2D eigenvalue weighted by atomic mass is 10.1. The van der Waals surface area contributed by atoms with Gasteiger partial charge < -0.3 is 5.32 Å². The maximum Gasteiger partial charge on any atom is 0.220 e. The standard InChI is InChI=1S/C15H17NOS/c17-15(9-8-14-7-4-12-18-14)16-11-10-13-5-2-1-3-6-13/h1-7,12H,8-11H2,(H,16,17). The summed E-state index contributed by atoms with van der Waals surface area (Å²) >= 11 is 1.71. The highest BCUT2D eigenvalue weighted by Gasteiger charge is 2.02. The summed E-state index contributed by atoms with van der Waals surface area (Å²) < 4.78 is 0. The number of thiophene rings is 1. The van der Waals surface area contributed by atoms with Gasteiger partial charge in [0.1, 0.15) is 0 Å². The normalized spacial score (nSPS) is 10.2. The minimum Gasteiger partial charge on any atom is -0.356 e.